The average molecular weight is 288 g/mol. The first-order valence-corrected chi connectivity index (χ1v) is 7.11. The molecule has 0 heterocycles. The van der Waals surface area contributed by atoms with Crippen LogP contribution in [0.3, 0.4) is 0 Å². The predicted octanol–water partition coefficient (Wildman–Crippen LogP) is 3.09. The lowest BCUT2D eigenvalue weighted by molar-refractivity contribution is -0.105. The summed E-state index contributed by atoms with van der Waals surface area (Å²) in [5, 5.41) is 0. The smallest absolute Gasteiger partial charge is 0.337 e. The van der Waals surface area contributed by atoms with Crippen LogP contribution in [0.25, 0.3) is 0 Å². The monoisotopic (exact) mass is 288 g/mol. The van der Waals surface area contributed by atoms with Crippen LogP contribution in [-0.2, 0) is 16.0 Å². The number of esters is 1. The number of hydrogen-bond donors (Lipinski definition) is 0. The Kier molecular flexibility index (Phi) is 5.14. The number of carbonyl (C=O) groups excluding carboxylic acids is 2. The molecular formula is C17H20O4. The number of ether oxygens (including phenoxy) is 2. The molecule has 0 atom stereocenters. The molecule has 21 heavy (non-hydrogen) atoms. The average Bonchev–Trinajstić information content (AvgIpc) is 2.54. The Morgan fingerprint density at radius 2 is 2.00 bits per heavy atom. The third-order valence-corrected chi connectivity index (χ3v) is 3.88. The van der Waals surface area contributed by atoms with Gasteiger partial charge in [-0.3, -0.25) is 4.79 Å². The summed E-state index contributed by atoms with van der Waals surface area (Å²) in [6.07, 6.45) is 5.69. The topological polar surface area (TPSA) is 52.6 Å². The zero-order valence-electron chi connectivity index (χ0n) is 12.5. The van der Waals surface area contributed by atoms with Crippen molar-refractivity contribution in [2.45, 2.75) is 32.1 Å². The summed E-state index contributed by atoms with van der Waals surface area (Å²) in [7, 11) is 2.93. The van der Waals surface area contributed by atoms with Gasteiger partial charge in [0, 0.05) is 0 Å². The summed E-state index contributed by atoms with van der Waals surface area (Å²) in [5.74, 6) is 0.270. The molecule has 1 aromatic carbocycles. The minimum Gasteiger partial charge on any atom is -0.496 e. The van der Waals surface area contributed by atoms with Crippen molar-refractivity contribution in [1.82, 2.24) is 0 Å². The van der Waals surface area contributed by atoms with Gasteiger partial charge in [-0.1, -0.05) is 11.6 Å². The van der Waals surface area contributed by atoms with E-state index in [1.165, 1.54) is 12.7 Å². The van der Waals surface area contributed by atoms with Crippen molar-refractivity contribution < 1.29 is 19.1 Å². The van der Waals surface area contributed by atoms with Crippen molar-refractivity contribution in [3.8, 4) is 5.75 Å². The highest BCUT2D eigenvalue weighted by Crippen LogP contribution is 2.30. The van der Waals surface area contributed by atoms with Crippen LogP contribution in [0, 0.1) is 0 Å². The maximum atomic E-state index is 11.5. The van der Waals surface area contributed by atoms with E-state index in [1.807, 2.05) is 6.07 Å². The fraction of sp³-hybridized carbons (Fsp3) is 0.412. The van der Waals surface area contributed by atoms with Gasteiger partial charge in [-0.15, -0.1) is 0 Å². The minimum atomic E-state index is -0.384. The molecule has 0 saturated heterocycles. The molecule has 1 aromatic rings. The third kappa shape index (κ3) is 3.51. The minimum absolute atomic E-state index is 0.384. The lowest BCUT2D eigenvalue weighted by atomic mass is 9.88. The molecule has 0 unspecified atom stereocenters. The van der Waals surface area contributed by atoms with Crippen molar-refractivity contribution in [2.75, 3.05) is 14.2 Å². The summed E-state index contributed by atoms with van der Waals surface area (Å²) in [6.45, 7) is 0. The Labute approximate surface area is 124 Å². The third-order valence-electron chi connectivity index (χ3n) is 3.88. The highest BCUT2D eigenvalue weighted by Gasteiger charge is 2.16. The Morgan fingerprint density at radius 1 is 1.24 bits per heavy atom. The van der Waals surface area contributed by atoms with Crippen molar-refractivity contribution in [1.29, 1.82) is 0 Å². The van der Waals surface area contributed by atoms with Crippen LogP contribution in [-0.4, -0.2) is 26.5 Å². The predicted molar refractivity (Wildman–Crippen MR) is 79.6 cm³/mol. The molecule has 0 aliphatic heterocycles. The number of allylic oxidation sites excluding steroid dienone is 2. The van der Waals surface area contributed by atoms with Gasteiger partial charge in [-0.05, 0) is 55.4 Å². The number of rotatable bonds is 5. The Bertz CT molecular complexity index is 572. The zero-order valence-corrected chi connectivity index (χ0v) is 12.5. The highest BCUT2D eigenvalue weighted by molar-refractivity contribution is 5.90. The van der Waals surface area contributed by atoms with Gasteiger partial charge < -0.3 is 9.47 Å². The van der Waals surface area contributed by atoms with Gasteiger partial charge in [-0.2, -0.15) is 0 Å². The van der Waals surface area contributed by atoms with Crippen LogP contribution in [0.15, 0.2) is 29.3 Å². The first-order valence-electron chi connectivity index (χ1n) is 7.11. The molecule has 4 heteroatoms. The summed E-state index contributed by atoms with van der Waals surface area (Å²) in [5.41, 5.74) is 3.55. The quantitative estimate of drug-likeness (QED) is 0.617. The van der Waals surface area contributed by atoms with E-state index in [0.717, 1.165) is 43.1 Å². The SMILES string of the molecule is COC(=O)c1ccc(CC2=C(C=O)CCCC2)c(OC)c1. The lowest BCUT2D eigenvalue weighted by Crippen LogP contribution is -2.06. The molecule has 0 saturated carbocycles. The van der Waals surface area contributed by atoms with Crippen LogP contribution in [0.2, 0.25) is 0 Å². The van der Waals surface area contributed by atoms with E-state index >= 15 is 0 Å². The van der Waals surface area contributed by atoms with Crippen LogP contribution in [0.5, 0.6) is 5.75 Å². The summed E-state index contributed by atoms with van der Waals surface area (Å²) < 4.78 is 10.1. The molecule has 0 aromatic heterocycles. The normalized spacial score (nSPS) is 14.8. The van der Waals surface area contributed by atoms with Gasteiger partial charge in [-0.25, -0.2) is 4.79 Å². The second-order valence-electron chi connectivity index (χ2n) is 5.15. The van der Waals surface area contributed by atoms with E-state index in [1.54, 1.807) is 19.2 Å². The first-order chi connectivity index (χ1) is 10.2. The van der Waals surface area contributed by atoms with Crippen molar-refractivity contribution in [3.63, 3.8) is 0 Å². The molecule has 0 fully saturated rings. The Morgan fingerprint density at radius 3 is 2.67 bits per heavy atom. The fourth-order valence-electron chi connectivity index (χ4n) is 2.70. The van der Waals surface area contributed by atoms with Crippen molar-refractivity contribution in [2.24, 2.45) is 0 Å². The van der Waals surface area contributed by atoms with Crippen molar-refractivity contribution >= 4 is 12.3 Å². The lowest BCUT2D eigenvalue weighted by Gasteiger charge is -2.18. The molecule has 0 spiro atoms. The molecule has 1 aliphatic carbocycles. The largest absolute Gasteiger partial charge is 0.496 e. The van der Waals surface area contributed by atoms with E-state index in [2.05, 4.69) is 0 Å². The van der Waals surface area contributed by atoms with Gasteiger partial charge in [0.15, 0.2) is 0 Å². The van der Waals surface area contributed by atoms with Crippen LogP contribution >= 0.6 is 0 Å². The molecule has 112 valence electrons. The van der Waals surface area contributed by atoms with E-state index in [4.69, 9.17) is 9.47 Å². The fourth-order valence-corrected chi connectivity index (χ4v) is 2.70. The molecule has 1 aliphatic rings. The standard InChI is InChI=1S/C17H20O4/c1-20-16-10-14(17(19)21-2)8-7-13(16)9-12-5-3-4-6-15(12)11-18/h7-8,10-11H,3-6,9H2,1-2H3. The van der Waals surface area contributed by atoms with Crippen LogP contribution in [0.4, 0.5) is 0 Å². The zero-order chi connectivity index (χ0) is 15.2. The summed E-state index contributed by atoms with van der Waals surface area (Å²) in [6, 6.07) is 5.29. The number of carbonyl (C=O) groups is 2. The molecular weight excluding hydrogens is 268 g/mol. The van der Waals surface area contributed by atoms with Gasteiger partial charge in [0.25, 0.3) is 0 Å². The molecule has 4 nitrogen and oxygen atoms in total. The number of methoxy groups -OCH3 is 2. The van der Waals surface area contributed by atoms with Crippen molar-refractivity contribution in [3.05, 3.63) is 40.5 Å². The van der Waals surface area contributed by atoms with Gasteiger partial charge >= 0.3 is 5.97 Å². The van der Waals surface area contributed by atoms with E-state index < -0.39 is 0 Å². The van der Waals surface area contributed by atoms with Gasteiger partial charge in [0.1, 0.15) is 12.0 Å². The molecule has 0 radical (unpaired) electrons. The summed E-state index contributed by atoms with van der Waals surface area (Å²) in [4.78, 5) is 22.7. The first kappa shape index (κ1) is 15.3. The second kappa shape index (κ2) is 7.07. The Balaban J connectivity index is 2.29. The number of benzene rings is 1. The molecule has 0 amide bonds. The number of aldehydes is 1. The second-order valence-corrected chi connectivity index (χ2v) is 5.15. The molecule has 0 bridgehead atoms. The van der Waals surface area contributed by atoms with Crippen LogP contribution in [0.1, 0.15) is 41.6 Å². The molecule has 2 rings (SSSR count). The maximum Gasteiger partial charge on any atom is 0.337 e. The Hall–Kier alpha value is -2.10. The van der Waals surface area contributed by atoms with E-state index in [0.29, 0.717) is 17.7 Å². The van der Waals surface area contributed by atoms with Crippen LogP contribution < -0.4 is 4.74 Å². The molecule has 0 N–H and O–H groups in total. The van der Waals surface area contributed by atoms with Gasteiger partial charge in [0.2, 0.25) is 0 Å². The summed E-state index contributed by atoms with van der Waals surface area (Å²) >= 11 is 0. The highest BCUT2D eigenvalue weighted by atomic mass is 16.5. The van der Waals surface area contributed by atoms with Gasteiger partial charge in [0.05, 0.1) is 19.8 Å². The number of hydrogen-bond acceptors (Lipinski definition) is 4. The van der Waals surface area contributed by atoms with E-state index in [9.17, 15) is 9.59 Å². The van der Waals surface area contributed by atoms with E-state index in [-0.39, 0.29) is 5.97 Å². The maximum absolute atomic E-state index is 11.5.